The van der Waals surface area contributed by atoms with E-state index in [0.29, 0.717) is 19.3 Å². The van der Waals surface area contributed by atoms with Gasteiger partial charge in [-0.3, -0.25) is 0 Å². The number of anilines is 2. The Morgan fingerprint density at radius 1 is 0.971 bits per heavy atom. The molecule has 3 aromatic rings. The first-order valence-corrected chi connectivity index (χ1v) is 13.5. The van der Waals surface area contributed by atoms with Crippen LogP contribution in [0.4, 0.5) is 11.5 Å². The van der Waals surface area contributed by atoms with Gasteiger partial charge in [0.2, 0.25) is 0 Å². The van der Waals surface area contributed by atoms with Crippen molar-refractivity contribution in [3.63, 3.8) is 0 Å². The van der Waals surface area contributed by atoms with Crippen LogP contribution in [0.1, 0.15) is 45.0 Å². The van der Waals surface area contributed by atoms with Gasteiger partial charge in [-0.1, -0.05) is 0 Å². The van der Waals surface area contributed by atoms with E-state index in [1.165, 1.54) is 17.2 Å². The van der Waals surface area contributed by atoms with Crippen LogP contribution in [-0.2, 0) is 14.2 Å². The minimum atomic E-state index is -0.0506. The van der Waals surface area contributed by atoms with Gasteiger partial charge in [0.1, 0.15) is 17.0 Å². The van der Waals surface area contributed by atoms with Crippen LogP contribution in [0.2, 0.25) is 0 Å². The van der Waals surface area contributed by atoms with Gasteiger partial charge in [-0.25, -0.2) is 9.67 Å². The molecule has 188 valence electrons. The van der Waals surface area contributed by atoms with Crippen LogP contribution < -0.4 is 9.80 Å². The van der Waals surface area contributed by atoms with Crippen molar-refractivity contribution in [1.82, 2.24) is 19.1 Å². The quantitative estimate of drug-likeness (QED) is 0.534. The van der Waals surface area contributed by atoms with E-state index in [0.717, 1.165) is 85.3 Å². The molecule has 3 atom stereocenters. The van der Waals surface area contributed by atoms with Crippen molar-refractivity contribution < 1.29 is 14.2 Å². The Kier molecular flexibility index (Phi) is 6.38. The van der Waals surface area contributed by atoms with Gasteiger partial charge in [0, 0.05) is 31.8 Å². The molecule has 0 aromatic carbocycles. The molecule has 0 N–H and O–H groups in total. The number of fused-ring (bicyclic) bond motifs is 1. The van der Waals surface area contributed by atoms with Crippen molar-refractivity contribution in [1.29, 1.82) is 0 Å². The van der Waals surface area contributed by atoms with E-state index < -0.39 is 0 Å². The number of aryl methyl sites for hydroxylation is 1. The Labute approximate surface area is 210 Å². The second-order valence-electron chi connectivity index (χ2n) is 9.88. The lowest BCUT2D eigenvalue weighted by atomic mass is 10.1. The second-order valence-corrected chi connectivity index (χ2v) is 10.7. The summed E-state index contributed by atoms with van der Waals surface area (Å²) >= 11 is 1.53. The number of ether oxygens (including phenoxy) is 3. The van der Waals surface area contributed by atoms with Crippen molar-refractivity contribution in [2.45, 2.75) is 58.3 Å². The molecule has 0 radical (unpaired) electrons. The van der Waals surface area contributed by atoms with E-state index >= 15 is 0 Å². The van der Waals surface area contributed by atoms with E-state index in [9.17, 15) is 0 Å². The summed E-state index contributed by atoms with van der Waals surface area (Å²) in [6.45, 7) is 11.8. The number of nitrogens with zero attached hydrogens (tertiary/aromatic N) is 6. The fraction of sp³-hybridized carbons (Fsp3) is 0.640. The predicted molar refractivity (Wildman–Crippen MR) is 137 cm³/mol. The Morgan fingerprint density at radius 3 is 2.46 bits per heavy atom. The first-order valence-electron chi connectivity index (χ1n) is 12.8. The summed E-state index contributed by atoms with van der Waals surface area (Å²) in [4.78, 5) is 10.1. The number of hydrogen-bond acceptors (Lipinski definition) is 9. The lowest BCUT2D eigenvalue weighted by Gasteiger charge is -2.37. The Hall–Kier alpha value is -2.27. The van der Waals surface area contributed by atoms with E-state index in [1.54, 1.807) is 0 Å². The molecule has 3 fully saturated rings. The zero-order valence-corrected chi connectivity index (χ0v) is 21.6. The van der Waals surface area contributed by atoms with E-state index in [2.05, 4.69) is 35.8 Å². The smallest absolute Gasteiger partial charge is 0.150 e. The van der Waals surface area contributed by atoms with Crippen LogP contribution in [0, 0.1) is 6.92 Å². The molecule has 0 spiro atoms. The number of pyridine rings is 1. The van der Waals surface area contributed by atoms with Crippen LogP contribution >= 0.6 is 11.5 Å². The molecule has 3 aliphatic heterocycles. The highest BCUT2D eigenvalue weighted by Gasteiger charge is 2.29. The molecule has 0 amide bonds. The van der Waals surface area contributed by atoms with Crippen LogP contribution in [0.3, 0.4) is 0 Å². The fourth-order valence-corrected chi connectivity index (χ4v) is 6.26. The molecule has 1 unspecified atom stereocenters. The van der Waals surface area contributed by atoms with Crippen LogP contribution in [0.25, 0.3) is 21.6 Å². The van der Waals surface area contributed by atoms with Gasteiger partial charge in [-0.15, -0.1) is 0 Å². The standard InChI is InChI=1S/C25H34N6O3S/c1-16-12-19(31(27-16)22-6-4-5-9-34-22)23-24-25(35-28-23)20(29-7-10-32-14-17(29)2)13-21(26-24)30-8-11-33-15-18(30)3/h12-13,17-18,22H,4-11,14-15H2,1-3H3/t17-,18-,22?/m1/s1. The molecule has 6 heterocycles. The molecule has 10 heteroatoms. The summed E-state index contributed by atoms with van der Waals surface area (Å²) in [6.07, 6.45) is 3.17. The summed E-state index contributed by atoms with van der Waals surface area (Å²) < 4.78 is 25.7. The molecule has 0 saturated carbocycles. The summed E-state index contributed by atoms with van der Waals surface area (Å²) in [5.74, 6) is 0.986. The van der Waals surface area contributed by atoms with Gasteiger partial charge >= 0.3 is 0 Å². The van der Waals surface area contributed by atoms with Crippen LogP contribution in [-0.4, -0.2) is 77.3 Å². The van der Waals surface area contributed by atoms with Gasteiger partial charge in [0.25, 0.3) is 0 Å². The van der Waals surface area contributed by atoms with Crippen molar-refractivity contribution in [2.75, 3.05) is 55.9 Å². The fourth-order valence-electron chi connectivity index (χ4n) is 5.40. The molecule has 3 saturated heterocycles. The van der Waals surface area contributed by atoms with Crippen molar-refractivity contribution in [2.24, 2.45) is 0 Å². The lowest BCUT2D eigenvalue weighted by molar-refractivity contribution is -0.0385. The third-order valence-electron chi connectivity index (χ3n) is 7.26. The SMILES string of the molecule is Cc1cc(-c2nsc3c(N4CCOC[C@H]4C)cc(N4CCOC[C@H]4C)nc23)n(C2CCCCO2)n1. The Morgan fingerprint density at radius 2 is 1.74 bits per heavy atom. The highest BCUT2D eigenvalue weighted by molar-refractivity contribution is 7.14. The molecular formula is C25H34N6O3S. The largest absolute Gasteiger partial charge is 0.377 e. The van der Waals surface area contributed by atoms with Crippen LogP contribution in [0.5, 0.6) is 0 Å². The average Bonchev–Trinajstić information content (AvgIpc) is 3.48. The minimum Gasteiger partial charge on any atom is -0.377 e. The summed E-state index contributed by atoms with van der Waals surface area (Å²) in [7, 11) is 0. The Bertz CT molecular complexity index is 1190. The summed E-state index contributed by atoms with van der Waals surface area (Å²) in [5, 5.41) is 4.82. The topological polar surface area (TPSA) is 77.8 Å². The molecule has 0 aliphatic carbocycles. The third kappa shape index (κ3) is 4.30. The number of morpholine rings is 2. The predicted octanol–water partition coefficient (Wildman–Crippen LogP) is 4.01. The molecule has 6 rings (SSSR count). The zero-order valence-electron chi connectivity index (χ0n) is 20.8. The van der Waals surface area contributed by atoms with E-state index in [-0.39, 0.29) is 12.3 Å². The maximum atomic E-state index is 6.11. The molecule has 3 aliphatic rings. The van der Waals surface area contributed by atoms with Gasteiger partial charge in [0.15, 0.2) is 6.23 Å². The molecule has 9 nitrogen and oxygen atoms in total. The highest BCUT2D eigenvalue weighted by Crippen LogP contribution is 2.41. The molecule has 3 aromatic heterocycles. The summed E-state index contributed by atoms with van der Waals surface area (Å²) in [6, 6.07) is 4.93. The highest BCUT2D eigenvalue weighted by atomic mass is 32.1. The minimum absolute atomic E-state index is 0.0506. The van der Waals surface area contributed by atoms with Crippen molar-refractivity contribution in [3.8, 4) is 11.4 Å². The third-order valence-corrected chi connectivity index (χ3v) is 8.12. The number of hydrogen-bond donors (Lipinski definition) is 0. The monoisotopic (exact) mass is 498 g/mol. The van der Waals surface area contributed by atoms with Gasteiger partial charge in [-0.05, 0) is 57.6 Å². The first kappa shape index (κ1) is 23.1. The second kappa shape index (κ2) is 9.65. The maximum absolute atomic E-state index is 6.11. The van der Waals surface area contributed by atoms with E-state index in [1.807, 2.05) is 11.6 Å². The van der Waals surface area contributed by atoms with Gasteiger partial charge < -0.3 is 24.0 Å². The summed E-state index contributed by atoms with van der Waals surface area (Å²) in [5.41, 5.74) is 4.98. The van der Waals surface area contributed by atoms with Crippen molar-refractivity contribution in [3.05, 3.63) is 17.8 Å². The Balaban J connectivity index is 1.51. The van der Waals surface area contributed by atoms with Crippen molar-refractivity contribution >= 4 is 33.3 Å². The van der Waals surface area contributed by atoms with Gasteiger partial charge in [-0.2, -0.15) is 9.47 Å². The molecular weight excluding hydrogens is 464 g/mol. The maximum Gasteiger partial charge on any atom is 0.150 e. The number of rotatable bonds is 4. The zero-order chi connectivity index (χ0) is 23.9. The molecule has 35 heavy (non-hydrogen) atoms. The van der Waals surface area contributed by atoms with Crippen LogP contribution in [0.15, 0.2) is 12.1 Å². The number of aromatic nitrogens is 4. The lowest BCUT2D eigenvalue weighted by Crippen LogP contribution is -2.45. The molecule has 0 bridgehead atoms. The van der Waals surface area contributed by atoms with E-state index in [4.69, 9.17) is 28.7 Å². The van der Waals surface area contributed by atoms with Gasteiger partial charge in [0.05, 0.1) is 54.2 Å². The normalized spacial score (nSPS) is 26.0. The first-order chi connectivity index (χ1) is 17.1. The average molecular weight is 499 g/mol.